The summed E-state index contributed by atoms with van der Waals surface area (Å²) in [5.41, 5.74) is 0. The maximum absolute atomic E-state index is 12.8. The highest BCUT2D eigenvalue weighted by molar-refractivity contribution is 14.0. The number of halogens is 2. The van der Waals surface area contributed by atoms with E-state index in [2.05, 4.69) is 21.9 Å². The second-order valence-electron chi connectivity index (χ2n) is 4.96. The van der Waals surface area contributed by atoms with E-state index in [4.69, 9.17) is 4.74 Å². The summed E-state index contributed by atoms with van der Waals surface area (Å²) in [6.45, 7) is 3.50. The Bertz CT molecular complexity index is 445. The van der Waals surface area contributed by atoms with Gasteiger partial charge in [-0.15, -0.1) is 24.0 Å². The zero-order chi connectivity index (χ0) is 16.2. The van der Waals surface area contributed by atoms with Gasteiger partial charge in [-0.3, -0.25) is 4.99 Å². The van der Waals surface area contributed by atoms with Crippen molar-refractivity contribution in [1.82, 2.24) is 10.6 Å². The van der Waals surface area contributed by atoms with Crippen LogP contribution in [-0.2, 0) is 0 Å². The van der Waals surface area contributed by atoms with Crippen molar-refractivity contribution in [2.45, 2.75) is 25.9 Å². The summed E-state index contributed by atoms with van der Waals surface area (Å²) >= 11 is 1.87. The SMILES string of the molecule is CN=C(NCCCCSC)NCC(C)Oc1ccc(F)cc1.I. The molecule has 1 atom stereocenters. The van der Waals surface area contributed by atoms with Crippen LogP contribution in [0.4, 0.5) is 4.39 Å². The smallest absolute Gasteiger partial charge is 0.191 e. The monoisotopic (exact) mass is 455 g/mol. The van der Waals surface area contributed by atoms with Gasteiger partial charge < -0.3 is 15.4 Å². The lowest BCUT2D eigenvalue weighted by Crippen LogP contribution is -2.42. The molecule has 1 unspecified atom stereocenters. The molecule has 2 N–H and O–H groups in total. The number of guanidine groups is 1. The van der Waals surface area contributed by atoms with Gasteiger partial charge in [0.2, 0.25) is 0 Å². The van der Waals surface area contributed by atoms with Crippen LogP contribution in [0.1, 0.15) is 19.8 Å². The van der Waals surface area contributed by atoms with E-state index in [0.717, 1.165) is 18.9 Å². The summed E-state index contributed by atoms with van der Waals surface area (Å²) in [6, 6.07) is 6.05. The number of hydrogen-bond donors (Lipinski definition) is 2. The maximum Gasteiger partial charge on any atom is 0.191 e. The maximum atomic E-state index is 12.8. The summed E-state index contributed by atoms with van der Waals surface area (Å²) in [5.74, 6) is 2.37. The van der Waals surface area contributed by atoms with Crippen LogP contribution in [0.5, 0.6) is 5.75 Å². The lowest BCUT2D eigenvalue weighted by Gasteiger charge is -2.17. The average Bonchev–Trinajstić information content (AvgIpc) is 2.52. The van der Waals surface area contributed by atoms with Crippen molar-refractivity contribution in [3.8, 4) is 5.75 Å². The van der Waals surface area contributed by atoms with E-state index in [-0.39, 0.29) is 35.9 Å². The topological polar surface area (TPSA) is 45.7 Å². The first-order valence-corrected chi connectivity index (χ1v) is 8.90. The van der Waals surface area contributed by atoms with E-state index in [1.807, 2.05) is 18.7 Å². The van der Waals surface area contributed by atoms with Crippen molar-refractivity contribution < 1.29 is 9.13 Å². The Labute approximate surface area is 160 Å². The number of thioether (sulfide) groups is 1. The van der Waals surface area contributed by atoms with Crippen molar-refractivity contribution in [1.29, 1.82) is 0 Å². The molecule has 0 aliphatic carbocycles. The molecule has 0 radical (unpaired) electrons. The fraction of sp³-hybridized carbons (Fsp3) is 0.562. The van der Waals surface area contributed by atoms with E-state index in [1.54, 1.807) is 19.2 Å². The van der Waals surface area contributed by atoms with Crippen molar-refractivity contribution in [2.24, 2.45) is 4.99 Å². The highest BCUT2D eigenvalue weighted by Crippen LogP contribution is 2.12. The molecule has 0 aromatic heterocycles. The first kappa shape index (κ1) is 22.3. The van der Waals surface area contributed by atoms with Crippen LogP contribution in [0, 0.1) is 5.82 Å². The Morgan fingerprint density at radius 3 is 2.57 bits per heavy atom. The molecule has 0 amide bonds. The van der Waals surface area contributed by atoms with Gasteiger partial charge in [0, 0.05) is 13.6 Å². The van der Waals surface area contributed by atoms with Gasteiger partial charge in [0.05, 0.1) is 6.54 Å². The third-order valence-electron chi connectivity index (χ3n) is 3.00. The molecule has 1 rings (SSSR count). The molecule has 0 saturated heterocycles. The van der Waals surface area contributed by atoms with E-state index in [9.17, 15) is 4.39 Å². The summed E-state index contributed by atoms with van der Waals surface area (Å²) in [4.78, 5) is 4.18. The number of ether oxygens (including phenoxy) is 1. The number of benzene rings is 1. The Hall–Kier alpha value is -0.700. The first-order chi connectivity index (χ1) is 10.7. The van der Waals surface area contributed by atoms with Crippen molar-refractivity contribution in [3.63, 3.8) is 0 Å². The largest absolute Gasteiger partial charge is 0.489 e. The summed E-state index contributed by atoms with van der Waals surface area (Å²) in [6.07, 6.45) is 4.41. The standard InChI is InChI=1S/C16H26FN3OS.HI/c1-13(21-15-8-6-14(17)7-9-15)12-20-16(18-2)19-10-4-5-11-22-3;/h6-9,13H,4-5,10-12H2,1-3H3,(H2,18,19,20);1H. The highest BCUT2D eigenvalue weighted by Gasteiger charge is 2.05. The van der Waals surface area contributed by atoms with Crippen LogP contribution in [0.15, 0.2) is 29.3 Å². The molecular weight excluding hydrogens is 428 g/mol. The molecule has 0 heterocycles. The third-order valence-corrected chi connectivity index (χ3v) is 3.70. The van der Waals surface area contributed by atoms with E-state index < -0.39 is 0 Å². The van der Waals surface area contributed by atoms with E-state index in [1.165, 1.54) is 24.3 Å². The molecule has 23 heavy (non-hydrogen) atoms. The molecule has 0 fully saturated rings. The zero-order valence-corrected chi connectivity index (χ0v) is 17.1. The van der Waals surface area contributed by atoms with Gasteiger partial charge >= 0.3 is 0 Å². The predicted octanol–water partition coefficient (Wildman–Crippen LogP) is 3.52. The van der Waals surface area contributed by atoms with E-state index in [0.29, 0.717) is 12.3 Å². The first-order valence-electron chi connectivity index (χ1n) is 7.51. The molecule has 0 aliphatic rings. The third kappa shape index (κ3) is 10.6. The second kappa shape index (κ2) is 13.7. The minimum atomic E-state index is -0.260. The van der Waals surface area contributed by atoms with Crippen molar-refractivity contribution in [3.05, 3.63) is 30.1 Å². The Morgan fingerprint density at radius 2 is 1.96 bits per heavy atom. The fourth-order valence-corrected chi connectivity index (χ4v) is 2.32. The number of rotatable bonds is 9. The van der Waals surface area contributed by atoms with Crippen LogP contribution in [0.2, 0.25) is 0 Å². The van der Waals surface area contributed by atoms with Crippen LogP contribution in [0.3, 0.4) is 0 Å². The lowest BCUT2D eigenvalue weighted by molar-refractivity contribution is 0.223. The second-order valence-corrected chi connectivity index (χ2v) is 5.95. The van der Waals surface area contributed by atoms with Crippen LogP contribution >= 0.6 is 35.7 Å². The molecule has 0 spiro atoms. The quantitative estimate of drug-likeness (QED) is 0.259. The summed E-state index contributed by atoms with van der Waals surface area (Å²) in [7, 11) is 1.75. The number of aliphatic imine (C=N–C) groups is 1. The number of hydrogen-bond acceptors (Lipinski definition) is 3. The zero-order valence-electron chi connectivity index (χ0n) is 14.0. The van der Waals surface area contributed by atoms with Gasteiger partial charge in [0.15, 0.2) is 5.96 Å². The van der Waals surface area contributed by atoms with Crippen LogP contribution in [-0.4, -0.2) is 44.2 Å². The summed E-state index contributed by atoms with van der Waals surface area (Å²) in [5, 5.41) is 6.51. The molecule has 0 aliphatic heterocycles. The fourth-order valence-electron chi connectivity index (χ4n) is 1.83. The molecule has 0 saturated carbocycles. The molecule has 132 valence electrons. The van der Waals surface area contributed by atoms with Gasteiger partial charge in [0.1, 0.15) is 17.7 Å². The highest BCUT2D eigenvalue weighted by atomic mass is 127. The average molecular weight is 455 g/mol. The van der Waals surface area contributed by atoms with Gasteiger partial charge in [0.25, 0.3) is 0 Å². The van der Waals surface area contributed by atoms with Crippen molar-refractivity contribution >= 4 is 41.7 Å². The Morgan fingerprint density at radius 1 is 1.26 bits per heavy atom. The van der Waals surface area contributed by atoms with Crippen LogP contribution in [0.25, 0.3) is 0 Å². The van der Waals surface area contributed by atoms with Gasteiger partial charge in [-0.25, -0.2) is 4.39 Å². The summed E-state index contributed by atoms with van der Waals surface area (Å²) < 4.78 is 18.5. The number of unbranched alkanes of at least 4 members (excludes halogenated alkanes) is 1. The van der Waals surface area contributed by atoms with Crippen LogP contribution < -0.4 is 15.4 Å². The van der Waals surface area contributed by atoms with Gasteiger partial charge in [-0.1, -0.05) is 0 Å². The molecule has 7 heteroatoms. The molecule has 0 bridgehead atoms. The molecular formula is C16H27FIN3OS. The van der Waals surface area contributed by atoms with Crippen molar-refractivity contribution in [2.75, 3.05) is 32.1 Å². The van der Waals surface area contributed by atoms with Gasteiger partial charge in [-0.05, 0) is 56.0 Å². The molecule has 1 aromatic rings. The number of nitrogens with one attached hydrogen (secondary N) is 2. The normalized spacial score (nSPS) is 12.3. The minimum Gasteiger partial charge on any atom is -0.489 e. The lowest BCUT2D eigenvalue weighted by atomic mass is 10.3. The Balaban J connectivity index is 0.00000484. The number of nitrogens with zero attached hydrogens (tertiary/aromatic N) is 1. The Kier molecular flexibility index (Phi) is 13.3. The minimum absolute atomic E-state index is 0. The van der Waals surface area contributed by atoms with Gasteiger partial charge in [-0.2, -0.15) is 11.8 Å². The molecule has 1 aromatic carbocycles. The van der Waals surface area contributed by atoms with E-state index >= 15 is 0 Å². The predicted molar refractivity (Wildman–Crippen MR) is 109 cm³/mol. The molecule has 4 nitrogen and oxygen atoms in total.